The molecule has 0 atom stereocenters. The van der Waals surface area contributed by atoms with E-state index in [1.165, 1.54) is 10.9 Å². The number of amides is 1. The van der Waals surface area contributed by atoms with Gasteiger partial charge in [0.05, 0.1) is 17.2 Å². The van der Waals surface area contributed by atoms with Crippen LogP contribution in [0.2, 0.25) is 0 Å². The minimum absolute atomic E-state index is 0.114. The van der Waals surface area contributed by atoms with E-state index in [2.05, 4.69) is 10.3 Å². The average molecular weight is 399 g/mol. The van der Waals surface area contributed by atoms with Crippen molar-refractivity contribution in [3.8, 4) is 11.5 Å². The van der Waals surface area contributed by atoms with Gasteiger partial charge >= 0.3 is 0 Å². The monoisotopic (exact) mass is 399 g/mol. The maximum atomic E-state index is 12.6. The van der Waals surface area contributed by atoms with Gasteiger partial charge in [-0.2, -0.15) is 0 Å². The molecular formula is C24H21N3O3. The van der Waals surface area contributed by atoms with Gasteiger partial charge in [-0.3, -0.25) is 14.2 Å². The number of nitrogens with zero attached hydrogens (tertiary/aromatic N) is 2. The molecule has 0 spiro atoms. The Bertz CT molecular complexity index is 1280. The molecule has 1 heterocycles. The Balaban J connectivity index is 1.43. The predicted octanol–water partition coefficient (Wildman–Crippen LogP) is 4.44. The summed E-state index contributed by atoms with van der Waals surface area (Å²) in [4.78, 5) is 29.3. The van der Waals surface area contributed by atoms with Gasteiger partial charge in [-0.25, -0.2) is 4.98 Å². The van der Waals surface area contributed by atoms with Crippen molar-refractivity contribution in [1.29, 1.82) is 0 Å². The van der Waals surface area contributed by atoms with Crippen molar-refractivity contribution in [2.75, 3.05) is 5.32 Å². The van der Waals surface area contributed by atoms with Crippen molar-refractivity contribution >= 4 is 22.5 Å². The average Bonchev–Trinajstić information content (AvgIpc) is 2.72. The Morgan fingerprint density at radius 3 is 2.50 bits per heavy atom. The van der Waals surface area contributed by atoms with Crippen LogP contribution in [0.4, 0.5) is 5.69 Å². The molecule has 0 saturated carbocycles. The Morgan fingerprint density at radius 1 is 0.967 bits per heavy atom. The number of carbonyl (C=O) groups excluding carboxylic acids is 1. The van der Waals surface area contributed by atoms with E-state index in [4.69, 9.17) is 4.74 Å². The molecule has 0 aliphatic rings. The first kappa shape index (κ1) is 19.4. The molecule has 0 radical (unpaired) electrons. The Hall–Kier alpha value is -3.93. The largest absolute Gasteiger partial charge is 0.457 e. The van der Waals surface area contributed by atoms with E-state index in [1.807, 2.05) is 44.2 Å². The minimum atomic E-state index is -0.307. The molecule has 4 aromatic rings. The molecule has 6 heteroatoms. The highest BCUT2D eigenvalue weighted by atomic mass is 16.5. The van der Waals surface area contributed by atoms with Gasteiger partial charge < -0.3 is 10.1 Å². The highest BCUT2D eigenvalue weighted by Gasteiger charge is 2.09. The second-order valence-corrected chi connectivity index (χ2v) is 7.19. The molecule has 0 fully saturated rings. The molecule has 1 aromatic heterocycles. The molecule has 30 heavy (non-hydrogen) atoms. The number of benzene rings is 3. The van der Waals surface area contributed by atoms with Crippen LogP contribution < -0.4 is 15.6 Å². The number of hydrogen-bond acceptors (Lipinski definition) is 4. The minimum Gasteiger partial charge on any atom is -0.457 e. The smallest absolute Gasteiger partial charge is 0.261 e. The summed E-state index contributed by atoms with van der Waals surface area (Å²) < 4.78 is 7.13. The van der Waals surface area contributed by atoms with Crippen molar-refractivity contribution in [2.45, 2.75) is 20.4 Å². The third kappa shape index (κ3) is 4.38. The van der Waals surface area contributed by atoms with E-state index in [-0.39, 0.29) is 18.0 Å². The summed E-state index contributed by atoms with van der Waals surface area (Å²) in [6, 6.07) is 20.3. The molecule has 0 aliphatic heterocycles. The first-order valence-electron chi connectivity index (χ1n) is 9.58. The lowest BCUT2D eigenvalue weighted by atomic mass is 10.2. The summed E-state index contributed by atoms with van der Waals surface area (Å²) in [5.74, 6) is 1.12. The van der Waals surface area contributed by atoms with E-state index >= 15 is 0 Å². The van der Waals surface area contributed by atoms with Crippen LogP contribution in [0, 0.1) is 13.8 Å². The standard InChI is InChI=1S/C24H21N3O3/c1-16-4-3-5-20(12-16)30-19-9-7-18(8-10-19)26-23(28)14-27-15-25-22-11-6-17(2)13-21(22)24(27)29/h3-13,15H,14H2,1-2H3,(H,26,28). The zero-order valence-corrected chi connectivity index (χ0v) is 16.8. The Morgan fingerprint density at radius 2 is 1.73 bits per heavy atom. The highest BCUT2D eigenvalue weighted by Crippen LogP contribution is 2.23. The van der Waals surface area contributed by atoms with E-state index in [0.29, 0.717) is 22.3 Å². The predicted molar refractivity (Wildman–Crippen MR) is 117 cm³/mol. The maximum Gasteiger partial charge on any atom is 0.261 e. The molecule has 0 bridgehead atoms. The fourth-order valence-electron chi connectivity index (χ4n) is 3.16. The van der Waals surface area contributed by atoms with Gasteiger partial charge in [0.25, 0.3) is 5.56 Å². The number of rotatable bonds is 5. The molecule has 150 valence electrons. The first-order chi connectivity index (χ1) is 14.5. The van der Waals surface area contributed by atoms with Crippen LogP contribution in [-0.4, -0.2) is 15.5 Å². The lowest BCUT2D eigenvalue weighted by molar-refractivity contribution is -0.116. The van der Waals surface area contributed by atoms with Crippen LogP contribution in [0.15, 0.2) is 77.9 Å². The molecule has 1 amide bonds. The van der Waals surface area contributed by atoms with E-state index in [9.17, 15) is 9.59 Å². The number of hydrogen-bond donors (Lipinski definition) is 1. The van der Waals surface area contributed by atoms with Gasteiger partial charge in [0.15, 0.2) is 0 Å². The van der Waals surface area contributed by atoms with Gasteiger partial charge in [0.2, 0.25) is 5.91 Å². The van der Waals surface area contributed by atoms with Crippen LogP contribution in [0.3, 0.4) is 0 Å². The lowest BCUT2D eigenvalue weighted by Crippen LogP contribution is -2.27. The van der Waals surface area contributed by atoms with Crippen molar-refractivity contribution in [3.63, 3.8) is 0 Å². The summed E-state index contributed by atoms with van der Waals surface area (Å²) in [5.41, 5.74) is 3.09. The van der Waals surface area contributed by atoms with Crippen LogP contribution in [-0.2, 0) is 11.3 Å². The number of nitrogens with one attached hydrogen (secondary N) is 1. The van der Waals surface area contributed by atoms with E-state index in [0.717, 1.165) is 16.9 Å². The van der Waals surface area contributed by atoms with Gasteiger partial charge in [-0.05, 0) is 67.9 Å². The number of aryl methyl sites for hydroxylation is 2. The van der Waals surface area contributed by atoms with E-state index in [1.54, 1.807) is 36.4 Å². The highest BCUT2D eigenvalue weighted by molar-refractivity contribution is 5.90. The SMILES string of the molecule is Cc1cccc(Oc2ccc(NC(=O)Cn3cnc4ccc(C)cc4c3=O)cc2)c1. The number of carbonyl (C=O) groups is 1. The summed E-state index contributed by atoms with van der Waals surface area (Å²) in [6.07, 6.45) is 1.40. The van der Waals surface area contributed by atoms with Gasteiger partial charge in [0.1, 0.15) is 18.0 Å². The molecule has 0 aliphatic carbocycles. The quantitative estimate of drug-likeness (QED) is 0.538. The fraction of sp³-hybridized carbons (Fsp3) is 0.125. The third-order valence-corrected chi connectivity index (χ3v) is 4.66. The lowest BCUT2D eigenvalue weighted by Gasteiger charge is -2.10. The van der Waals surface area contributed by atoms with Crippen molar-refractivity contribution < 1.29 is 9.53 Å². The molecule has 6 nitrogen and oxygen atoms in total. The van der Waals surface area contributed by atoms with Crippen molar-refractivity contribution in [3.05, 3.63) is 94.5 Å². The molecular weight excluding hydrogens is 378 g/mol. The molecule has 3 aromatic carbocycles. The van der Waals surface area contributed by atoms with Crippen molar-refractivity contribution in [2.24, 2.45) is 0 Å². The van der Waals surface area contributed by atoms with Crippen molar-refractivity contribution in [1.82, 2.24) is 9.55 Å². The van der Waals surface area contributed by atoms with Gasteiger partial charge in [-0.1, -0.05) is 23.8 Å². The Kier molecular flexibility index (Phi) is 5.30. The summed E-state index contributed by atoms with van der Waals surface area (Å²) in [5, 5.41) is 3.30. The number of aromatic nitrogens is 2. The normalized spacial score (nSPS) is 10.7. The van der Waals surface area contributed by atoms with Crippen LogP contribution in [0.1, 0.15) is 11.1 Å². The fourth-order valence-corrected chi connectivity index (χ4v) is 3.16. The van der Waals surface area contributed by atoms with Crippen LogP contribution in [0.25, 0.3) is 10.9 Å². The zero-order valence-electron chi connectivity index (χ0n) is 16.8. The van der Waals surface area contributed by atoms with Gasteiger partial charge in [0, 0.05) is 5.69 Å². The topological polar surface area (TPSA) is 73.2 Å². The van der Waals surface area contributed by atoms with E-state index < -0.39 is 0 Å². The summed E-state index contributed by atoms with van der Waals surface area (Å²) in [7, 11) is 0. The zero-order chi connectivity index (χ0) is 21.1. The molecule has 0 unspecified atom stereocenters. The first-order valence-corrected chi connectivity index (χ1v) is 9.58. The molecule has 4 rings (SSSR count). The number of fused-ring (bicyclic) bond motifs is 1. The molecule has 0 saturated heterocycles. The second kappa shape index (κ2) is 8.21. The van der Waals surface area contributed by atoms with Gasteiger partial charge in [-0.15, -0.1) is 0 Å². The second-order valence-electron chi connectivity index (χ2n) is 7.19. The summed E-state index contributed by atoms with van der Waals surface area (Å²) >= 11 is 0. The molecule has 1 N–H and O–H groups in total. The number of anilines is 1. The Labute approximate surface area is 173 Å². The van der Waals surface area contributed by atoms with Crippen LogP contribution >= 0.6 is 0 Å². The maximum absolute atomic E-state index is 12.6. The number of ether oxygens (including phenoxy) is 1. The van der Waals surface area contributed by atoms with Crippen LogP contribution in [0.5, 0.6) is 11.5 Å². The summed E-state index contributed by atoms with van der Waals surface area (Å²) in [6.45, 7) is 3.80. The third-order valence-electron chi connectivity index (χ3n) is 4.66.